The van der Waals surface area contributed by atoms with Gasteiger partial charge >= 0.3 is 12.3 Å². The molecule has 144 valence electrons. The summed E-state index contributed by atoms with van der Waals surface area (Å²) in [6.45, 7) is 6.70. The van der Waals surface area contributed by atoms with Crippen molar-refractivity contribution in [2.45, 2.75) is 44.9 Å². The maximum atomic E-state index is 12.8. The molecule has 1 aromatic rings. The van der Waals surface area contributed by atoms with Crippen molar-refractivity contribution in [1.82, 2.24) is 14.9 Å². The Morgan fingerprint density at radius 2 is 1.77 bits per heavy atom. The van der Waals surface area contributed by atoms with E-state index in [2.05, 4.69) is 9.97 Å². The van der Waals surface area contributed by atoms with E-state index >= 15 is 0 Å². The average molecular weight is 372 g/mol. The molecule has 26 heavy (non-hydrogen) atoms. The van der Waals surface area contributed by atoms with Gasteiger partial charge in [0, 0.05) is 44.5 Å². The van der Waals surface area contributed by atoms with Crippen molar-refractivity contribution in [3.05, 3.63) is 18.0 Å². The molecule has 1 amide bonds. The smallest absolute Gasteiger partial charge is 0.410 e. The number of rotatable bonds is 2. The molecule has 6 nitrogen and oxygen atoms in total. The quantitative estimate of drug-likeness (QED) is 0.798. The van der Waals surface area contributed by atoms with Gasteiger partial charge in [0.1, 0.15) is 5.60 Å². The highest BCUT2D eigenvalue weighted by Crippen LogP contribution is 2.35. The fourth-order valence-electron chi connectivity index (χ4n) is 3.08. The van der Waals surface area contributed by atoms with Crippen LogP contribution in [0.2, 0.25) is 0 Å². The zero-order chi connectivity index (χ0) is 19.1. The largest absolute Gasteiger partial charge is 0.444 e. The zero-order valence-corrected chi connectivity index (χ0v) is 15.1. The van der Waals surface area contributed by atoms with Crippen molar-refractivity contribution in [2.24, 2.45) is 5.92 Å². The average Bonchev–Trinajstić information content (AvgIpc) is 2.94. The van der Waals surface area contributed by atoms with Gasteiger partial charge in [-0.05, 0) is 32.8 Å². The number of ether oxygens (including phenoxy) is 1. The van der Waals surface area contributed by atoms with Crippen LogP contribution in [-0.4, -0.2) is 58.9 Å². The molecule has 2 aliphatic rings. The lowest BCUT2D eigenvalue weighted by molar-refractivity contribution is -0.168. The van der Waals surface area contributed by atoms with Crippen LogP contribution in [0.4, 0.5) is 23.9 Å². The molecule has 1 aromatic heterocycles. The molecule has 2 aliphatic heterocycles. The van der Waals surface area contributed by atoms with Gasteiger partial charge in [-0.25, -0.2) is 14.8 Å². The van der Waals surface area contributed by atoms with Crippen LogP contribution in [0.5, 0.6) is 0 Å². The molecule has 0 N–H and O–H groups in total. The van der Waals surface area contributed by atoms with Crippen molar-refractivity contribution >= 4 is 12.0 Å². The molecule has 0 spiro atoms. The van der Waals surface area contributed by atoms with E-state index in [0.717, 1.165) is 5.56 Å². The number of carbonyl (C=O) groups is 1. The molecule has 0 saturated carbocycles. The summed E-state index contributed by atoms with van der Waals surface area (Å²) in [5, 5.41) is 0. The number of hydrogen-bond acceptors (Lipinski definition) is 5. The minimum Gasteiger partial charge on any atom is -0.444 e. The van der Waals surface area contributed by atoms with Crippen LogP contribution in [0.25, 0.3) is 0 Å². The number of amides is 1. The highest BCUT2D eigenvalue weighted by Gasteiger charge is 2.44. The Morgan fingerprint density at radius 3 is 2.27 bits per heavy atom. The number of hydrogen-bond donors (Lipinski definition) is 0. The minimum atomic E-state index is -4.17. The first kappa shape index (κ1) is 18.7. The Bertz CT molecular complexity index is 651. The summed E-state index contributed by atoms with van der Waals surface area (Å²) in [7, 11) is 0. The molecule has 2 fully saturated rings. The van der Waals surface area contributed by atoms with E-state index in [0.29, 0.717) is 25.6 Å². The normalized spacial score (nSPS) is 21.7. The second kappa shape index (κ2) is 6.59. The first-order valence-electron chi connectivity index (χ1n) is 8.64. The van der Waals surface area contributed by atoms with Gasteiger partial charge in [0.15, 0.2) is 0 Å². The second-order valence-electron chi connectivity index (χ2n) is 7.87. The van der Waals surface area contributed by atoms with Crippen molar-refractivity contribution in [1.29, 1.82) is 0 Å². The van der Waals surface area contributed by atoms with Crippen LogP contribution in [-0.2, 0) is 4.74 Å². The number of anilines is 1. The third-order valence-electron chi connectivity index (χ3n) is 4.60. The molecule has 3 heterocycles. The molecular formula is C17H23F3N4O2. The summed E-state index contributed by atoms with van der Waals surface area (Å²) in [5.74, 6) is -0.873. The van der Waals surface area contributed by atoms with Gasteiger partial charge in [-0.15, -0.1) is 0 Å². The molecule has 1 unspecified atom stereocenters. The van der Waals surface area contributed by atoms with E-state index in [1.807, 2.05) is 20.8 Å². The van der Waals surface area contributed by atoms with Crippen LogP contribution in [0.15, 0.2) is 12.4 Å². The first-order chi connectivity index (χ1) is 12.0. The Balaban J connectivity index is 1.53. The monoisotopic (exact) mass is 372 g/mol. The fourth-order valence-corrected chi connectivity index (χ4v) is 3.08. The minimum absolute atomic E-state index is 0.0715. The van der Waals surface area contributed by atoms with Crippen molar-refractivity contribution < 1.29 is 22.7 Å². The molecule has 1 atom stereocenters. The zero-order valence-electron chi connectivity index (χ0n) is 15.1. The third-order valence-corrected chi connectivity index (χ3v) is 4.60. The van der Waals surface area contributed by atoms with Gasteiger partial charge in [-0.2, -0.15) is 13.2 Å². The van der Waals surface area contributed by atoms with Gasteiger partial charge in [-0.1, -0.05) is 0 Å². The second-order valence-corrected chi connectivity index (χ2v) is 7.87. The lowest BCUT2D eigenvalue weighted by Crippen LogP contribution is -2.50. The molecule has 0 aliphatic carbocycles. The maximum absolute atomic E-state index is 12.8. The summed E-state index contributed by atoms with van der Waals surface area (Å²) in [6.07, 6.45) is -1.17. The molecule has 0 bridgehead atoms. The molecular weight excluding hydrogens is 349 g/mol. The maximum Gasteiger partial charge on any atom is 0.410 e. The van der Waals surface area contributed by atoms with E-state index in [1.54, 1.807) is 22.2 Å². The number of nitrogens with zero attached hydrogens (tertiary/aromatic N) is 4. The van der Waals surface area contributed by atoms with Gasteiger partial charge in [-0.3, -0.25) is 0 Å². The van der Waals surface area contributed by atoms with E-state index < -0.39 is 17.7 Å². The summed E-state index contributed by atoms with van der Waals surface area (Å²) >= 11 is 0. The standard InChI is InChI=1S/C17H23F3N4O2/c1-16(2,3)26-15(25)24-8-12(9-24)11-6-21-14(22-7-11)23-5-4-13(10-23)17(18,19)20/h6-7,12-13H,4-5,8-10H2,1-3H3. The van der Waals surface area contributed by atoms with Crippen LogP contribution in [0.1, 0.15) is 38.7 Å². The predicted molar refractivity (Wildman–Crippen MR) is 89.0 cm³/mol. The molecule has 3 rings (SSSR count). The van der Waals surface area contributed by atoms with Gasteiger partial charge in [0.2, 0.25) is 5.95 Å². The van der Waals surface area contributed by atoms with Crippen molar-refractivity contribution in [2.75, 3.05) is 31.1 Å². The van der Waals surface area contributed by atoms with Crippen LogP contribution in [0, 0.1) is 5.92 Å². The molecule has 0 radical (unpaired) electrons. The van der Waals surface area contributed by atoms with Gasteiger partial charge < -0.3 is 14.5 Å². The molecule has 0 aromatic carbocycles. The van der Waals surface area contributed by atoms with E-state index in [4.69, 9.17) is 4.74 Å². The summed E-state index contributed by atoms with van der Waals surface area (Å²) in [6, 6.07) is 0. The van der Waals surface area contributed by atoms with Gasteiger partial charge in [0.25, 0.3) is 0 Å². The van der Waals surface area contributed by atoms with E-state index in [9.17, 15) is 18.0 Å². The highest BCUT2D eigenvalue weighted by atomic mass is 19.4. The van der Waals surface area contributed by atoms with Gasteiger partial charge in [0.05, 0.1) is 5.92 Å². The van der Waals surface area contributed by atoms with Crippen LogP contribution >= 0.6 is 0 Å². The van der Waals surface area contributed by atoms with Crippen molar-refractivity contribution in [3.8, 4) is 0 Å². The predicted octanol–water partition coefficient (Wildman–Crippen LogP) is 3.20. The lowest BCUT2D eigenvalue weighted by Gasteiger charge is -2.39. The number of aromatic nitrogens is 2. The van der Waals surface area contributed by atoms with Crippen LogP contribution < -0.4 is 4.90 Å². The number of carbonyl (C=O) groups excluding carboxylic acids is 1. The summed E-state index contributed by atoms with van der Waals surface area (Å²) < 4.78 is 43.6. The SMILES string of the molecule is CC(C)(C)OC(=O)N1CC(c2cnc(N3CCC(C(F)(F)F)C3)nc2)C1. The molecule has 9 heteroatoms. The number of likely N-dealkylation sites (tertiary alicyclic amines) is 1. The Morgan fingerprint density at radius 1 is 1.15 bits per heavy atom. The summed E-state index contributed by atoms with van der Waals surface area (Å²) in [4.78, 5) is 23.6. The number of halogens is 3. The topological polar surface area (TPSA) is 58.6 Å². The van der Waals surface area contributed by atoms with E-state index in [-0.39, 0.29) is 25.0 Å². The molecule has 2 saturated heterocycles. The Hall–Kier alpha value is -2.06. The summed E-state index contributed by atoms with van der Waals surface area (Å²) in [5.41, 5.74) is 0.344. The van der Waals surface area contributed by atoms with Crippen LogP contribution in [0.3, 0.4) is 0 Å². The fraction of sp³-hybridized carbons (Fsp3) is 0.706. The lowest BCUT2D eigenvalue weighted by atomic mass is 9.94. The first-order valence-corrected chi connectivity index (χ1v) is 8.64. The highest BCUT2D eigenvalue weighted by molar-refractivity contribution is 5.69. The Kier molecular flexibility index (Phi) is 4.74. The van der Waals surface area contributed by atoms with E-state index in [1.165, 1.54) is 0 Å². The Labute approximate surface area is 150 Å². The number of alkyl halides is 3. The third kappa shape index (κ3) is 4.19. The van der Waals surface area contributed by atoms with Crippen molar-refractivity contribution in [3.63, 3.8) is 0 Å².